The predicted molar refractivity (Wildman–Crippen MR) is 252 cm³/mol. The van der Waals surface area contributed by atoms with Gasteiger partial charge in [0.15, 0.2) is 13.9 Å². The number of hydrogen-bond donors (Lipinski definition) is 1. The molecule has 8 rings (SSSR count). The van der Waals surface area contributed by atoms with Gasteiger partial charge in [0.25, 0.3) is 0 Å². The van der Waals surface area contributed by atoms with Crippen LogP contribution in [0.2, 0.25) is 0 Å². The first-order valence-electron chi connectivity index (χ1n) is 20.2. The van der Waals surface area contributed by atoms with Crippen LogP contribution in [0.25, 0.3) is 28.3 Å². The zero-order valence-corrected chi connectivity index (χ0v) is 38.8. The van der Waals surface area contributed by atoms with Crippen molar-refractivity contribution in [1.29, 1.82) is 0 Å². The molecule has 0 spiro atoms. The number of carbonyl (C=O) groups excluding carboxylic acids is 1. The summed E-state index contributed by atoms with van der Waals surface area (Å²) >= 11 is 0. The maximum Gasteiger partial charge on any atom is 0.190 e. The molecule has 0 fully saturated rings. The summed E-state index contributed by atoms with van der Waals surface area (Å²) in [5, 5.41) is 15.8. The molecule has 2 heterocycles. The molecule has 0 aliphatic rings. The summed E-state index contributed by atoms with van der Waals surface area (Å²) in [4.78, 5) is 22.1. The van der Waals surface area contributed by atoms with Gasteiger partial charge in [0.1, 0.15) is 5.76 Å². The van der Waals surface area contributed by atoms with E-state index in [1.165, 1.54) is 26.8 Å². The van der Waals surface area contributed by atoms with Crippen molar-refractivity contribution in [3.05, 3.63) is 233 Å². The summed E-state index contributed by atoms with van der Waals surface area (Å²) in [5.74, 6) is -0.124. The molecule has 6 aromatic carbocycles. The number of allylic oxidation sites excluding steroid dienone is 1. The fourth-order valence-corrected chi connectivity index (χ4v) is 13.2. The molecule has 0 saturated carbocycles. The van der Waals surface area contributed by atoms with E-state index in [0.29, 0.717) is 5.56 Å². The third-order valence-corrected chi connectivity index (χ3v) is 15.8. The molecular weight excluding hydrogens is 941 g/mol. The molecule has 305 valence electrons. The van der Waals surface area contributed by atoms with Gasteiger partial charge in [-0.1, -0.05) is 150 Å². The number of nitrogens with zero attached hydrogens (tertiary/aromatic N) is 2. The van der Waals surface area contributed by atoms with Crippen molar-refractivity contribution >= 4 is 40.4 Å². The first-order valence-corrected chi connectivity index (χ1v) is 22.2. The molecule has 2 aromatic heterocycles. The van der Waals surface area contributed by atoms with Crippen LogP contribution in [0.4, 0.5) is 0 Å². The second-order valence-electron chi connectivity index (χ2n) is 15.4. The minimum absolute atomic E-state index is 0. The van der Waals surface area contributed by atoms with Gasteiger partial charge < -0.3 is 10.1 Å². The topological polar surface area (TPSA) is 63.1 Å². The Morgan fingerprint density at radius 1 is 0.541 bits per heavy atom. The van der Waals surface area contributed by atoms with E-state index < -0.39 is 8.07 Å². The third-order valence-electron chi connectivity index (χ3n) is 11.0. The van der Waals surface area contributed by atoms with Crippen molar-refractivity contribution in [1.82, 2.24) is 9.97 Å². The van der Waals surface area contributed by atoms with Crippen molar-refractivity contribution in [2.24, 2.45) is 0 Å². The molecule has 1 radical (unpaired) electrons. The van der Waals surface area contributed by atoms with E-state index in [1.807, 2.05) is 90.1 Å². The number of aliphatic hydroxyl groups is 1. The largest absolute Gasteiger partial charge is 0.507 e. The van der Waals surface area contributed by atoms with Crippen LogP contribution in [0.15, 0.2) is 182 Å². The quantitative estimate of drug-likeness (QED) is 0.0391. The van der Waals surface area contributed by atoms with Crippen LogP contribution >= 0.6 is 0 Å². The minimum Gasteiger partial charge on any atom is -0.507 e. The number of aliphatic hydroxyl groups excluding tert-OH is 1. The number of hydrogen-bond acceptors (Lipinski definition) is 4. The van der Waals surface area contributed by atoms with Gasteiger partial charge in [-0.2, -0.15) is 0 Å². The molecule has 4 nitrogen and oxygen atoms in total. The van der Waals surface area contributed by atoms with E-state index in [1.54, 1.807) is 6.20 Å². The monoisotopic (exact) mass is 990 g/mol. The Hall–Kier alpha value is -6.30. The Morgan fingerprint density at radius 3 is 1.46 bits per heavy atom. The van der Waals surface area contributed by atoms with Gasteiger partial charge in [0.05, 0.1) is 0 Å². The smallest absolute Gasteiger partial charge is 0.190 e. The minimum atomic E-state index is -2.56. The van der Waals surface area contributed by atoms with Gasteiger partial charge in [0, 0.05) is 55.4 Å². The molecule has 0 aliphatic carbocycles. The van der Waals surface area contributed by atoms with Gasteiger partial charge in [-0.25, -0.2) is 0 Å². The van der Waals surface area contributed by atoms with Crippen molar-refractivity contribution in [3.8, 4) is 22.5 Å². The van der Waals surface area contributed by atoms with E-state index in [9.17, 15) is 9.90 Å². The molecule has 0 bridgehead atoms. The average Bonchev–Trinajstić information content (AvgIpc) is 3.25. The molecule has 0 aliphatic heterocycles. The SMILES string of the molecule is Cc1cc(C)c(C(=O)/C=C(\O)c2c(C)cc(C)cc2C)c(C)c1.[Ir].[c-]1cc(-c2ccc([Si](c3ccccc3)(c3ccccc3)c3ccccc3)cn2)ccc1-c1ccccn1. The Morgan fingerprint density at radius 2 is 1.03 bits per heavy atom. The number of pyridine rings is 2. The van der Waals surface area contributed by atoms with E-state index in [0.717, 1.165) is 61.5 Å². The fraction of sp³-hybridized carbons (Fsp3) is 0.109. The first kappa shape index (κ1) is 44.3. The van der Waals surface area contributed by atoms with Crippen LogP contribution < -0.4 is 20.7 Å². The summed E-state index contributed by atoms with van der Waals surface area (Å²) in [6.45, 7) is 11.8. The van der Waals surface area contributed by atoms with E-state index in [2.05, 4.69) is 133 Å². The van der Waals surface area contributed by atoms with Crippen molar-refractivity contribution in [3.63, 3.8) is 0 Å². The number of rotatable bonds is 9. The second kappa shape index (κ2) is 19.8. The Kier molecular flexibility index (Phi) is 14.4. The Labute approximate surface area is 375 Å². The van der Waals surface area contributed by atoms with Crippen molar-refractivity contribution in [2.75, 3.05) is 0 Å². The maximum absolute atomic E-state index is 12.6. The fourth-order valence-electron chi connectivity index (χ4n) is 8.54. The Balaban J connectivity index is 0.000000225. The van der Waals surface area contributed by atoms with Gasteiger partial charge in [-0.15, -0.1) is 29.8 Å². The molecule has 0 unspecified atom stereocenters. The molecule has 0 atom stereocenters. The molecule has 1 N–H and O–H groups in total. The molecule has 0 saturated heterocycles. The van der Waals surface area contributed by atoms with E-state index in [4.69, 9.17) is 4.98 Å². The van der Waals surface area contributed by atoms with Crippen LogP contribution in [0.1, 0.15) is 49.3 Å². The number of aromatic nitrogens is 2. The molecule has 0 amide bonds. The van der Waals surface area contributed by atoms with Gasteiger partial charge >= 0.3 is 0 Å². The van der Waals surface area contributed by atoms with Crippen LogP contribution in [0.5, 0.6) is 0 Å². The predicted octanol–water partition coefficient (Wildman–Crippen LogP) is 10.3. The van der Waals surface area contributed by atoms with E-state index >= 15 is 0 Å². The van der Waals surface area contributed by atoms with Crippen molar-refractivity contribution in [2.45, 2.75) is 41.5 Å². The summed E-state index contributed by atoms with van der Waals surface area (Å²) in [6.07, 6.45) is 5.23. The van der Waals surface area contributed by atoms with Gasteiger partial charge in [-0.05, 0) is 102 Å². The third kappa shape index (κ3) is 9.69. The normalized spacial score (nSPS) is 11.2. The number of benzene rings is 6. The molecule has 61 heavy (non-hydrogen) atoms. The molecular formula is C55H49IrN2O2Si-. The standard InChI is InChI=1S/C34H25N2Si.C21H24O2.Ir/c1-4-12-29(13-5-1)37(30-14-6-2-7-15-30,31-16-8-3-9-17-31)32-23-24-34(36-26-32)28-21-19-27(20-22-28)33-18-10-11-25-35-33;1-12-7-14(3)20(15(4)8-12)18(22)11-19(23)21-16(5)9-13(2)10-17(21)6;/h1-19,21-26H;7-11,22H,1-6H3;/q-1;;/b;18-11-;. The van der Waals surface area contributed by atoms with Gasteiger partial charge in [-0.3, -0.25) is 9.78 Å². The van der Waals surface area contributed by atoms with Crippen LogP contribution in [-0.4, -0.2) is 28.9 Å². The van der Waals surface area contributed by atoms with Crippen molar-refractivity contribution < 1.29 is 30.0 Å². The summed E-state index contributed by atoms with van der Waals surface area (Å²) in [6, 6.07) is 60.6. The number of carbonyl (C=O) groups is 1. The average molecular weight is 990 g/mol. The summed E-state index contributed by atoms with van der Waals surface area (Å²) < 4.78 is 0. The second-order valence-corrected chi connectivity index (χ2v) is 19.2. The van der Waals surface area contributed by atoms with Crippen LogP contribution in [0, 0.1) is 47.6 Å². The number of ketones is 1. The van der Waals surface area contributed by atoms with Crippen LogP contribution in [0.3, 0.4) is 0 Å². The Bertz CT molecular complexity index is 2610. The number of aryl methyl sites for hydroxylation is 6. The summed E-state index contributed by atoms with van der Waals surface area (Å²) in [5.41, 5.74) is 11.4. The summed E-state index contributed by atoms with van der Waals surface area (Å²) in [7, 11) is -2.56. The molecule has 6 heteroatoms. The zero-order chi connectivity index (χ0) is 42.2. The van der Waals surface area contributed by atoms with E-state index in [-0.39, 0.29) is 31.6 Å². The maximum atomic E-state index is 12.6. The first-order chi connectivity index (χ1) is 29.1. The zero-order valence-electron chi connectivity index (χ0n) is 35.4. The van der Waals surface area contributed by atoms with Gasteiger partial charge in [0.2, 0.25) is 0 Å². The molecule has 8 aromatic rings. The van der Waals surface area contributed by atoms with Crippen LogP contribution in [-0.2, 0) is 20.1 Å².